The van der Waals surface area contributed by atoms with Crippen LogP contribution in [0.1, 0.15) is 6.42 Å². The lowest BCUT2D eigenvalue weighted by Gasteiger charge is -2.21. The Balaban J connectivity index is 1.70. The highest BCUT2D eigenvalue weighted by Gasteiger charge is 2.35. The number of benzene rings is 1. The smallest absolute Gasteiger partial charge is 0.179 e. The molecule has 1 aliphatic rings. The second-order valence-corrected chi connectivity index (χ2v) is 4.34. The number of ether oxygens (including phenoxy) is 2. The van der Waals surface area contributed by atoms with Crippen molar-refractivity contribution in [1.29, 1.82) is 0 Å². The first-order chi connectivity index (χ1) is 8.22. The number of β-amino-alcohol motifs (C(OH)–C–C–N with tert-alkyl or cyclic N) is 1. The summed E-state index contributed by atoms with van der Waals surface area (Å²) in [5.41, 5.74) is 0. The van der Waals surface area contributed by atoms with Crippen LogP contribution in [0.5, 0.6) is 5.75 Å². The normalized spacial score (nSPS) is 25.1. The van der Waals surface area contributed by atoms with Gasteiger partial charge in [-0.1, -0.05) is 18.2 Å². The average molecular weight is 237 g/mol. The Bertz CT molecular complexity index is 344. The lowest BCUT2D eigenvalue weighted by atomic mass is 10.2. The number of likely N-dealkylation sites (tertiary alicyclic amines) is 1. The summed E-state index contributed by atoms with van der Waals surface area (Å²) in [5, 5.41) is 9.88. The fourth-order valence-corrected chi connectivity index (χ4v) is 2.01. The third kappa shape index (κ3) is 3.43. The highest BCUT2D eigenvalue weighted by atomic mass is 16.6. The van der Waals surface area contributed by atoms with Crippen LogP contribution in [0.25, 0.3) is 0 Å². The lowest BCUT2D eigenvalue weighted by Crippen LogP contribution is -2.36. The Morgan fingerprint density at radius 1 is 1.35 bits per heavy atom. The van der Waals surface area contributed by atoms with Crippen LogP contribution in [0.3, 0.4) is 0 Å². The molecule has 1 aromatic carbocycles. The van der Waals surface area contributed by atoms with Gasteiger partial charge in [0.15, 0.2) is 5.79 Å². The number of nitrogens with zero attached hydrogens (tertiary/aromatic N) is 1. The second kappa shape index (κ2) is 5.49. The number of aliphatic hydroxyl groups is 1. The van der Waals surface area contributed by atoms with Crippen LogP contribution < -0.4 is 4.74 Å². The van der Waals surface area contributed by atoms with Crippen molar-refractivity contribution in [1.82, 2.24) is 4.90 Å². The Kier molecular flexibility index (Phi) is 3.99. The molecule has 1 fully saturated rings. The first-order valence-electron chi connectivity index (χ1n) is 5.90. The third-order valence-electron chi connectivity index (χ3n) is 3.09. The molecular formula is C13H19NO3. The van der Waals surface area contributed by atoms with Crippen molar-refractivity contribution in [3.05, 3.63) is 30.3 Å². The second-order valence-electron chi connectivity index (χ2n) is 4.34. The van der Waals surface area contributed by atoms with Gasteiger partial charge in [0.1, 0.15) is 12.4 Å². The summed E-state index contributed by atoms with van der Waals surface area (Å²) in [4.78, 5) is 2.15. The summed E-state index contributed by atoms with van der Waals surface area (Å²) in [7, 11) is 1.55. The van der Waals surface area contributed by atoms with Crippen molar-refractivity contribution in [3.63, 3.8) is 0 Å². The molecule has 0 bridgehead atoms. The minimum absolute atomic E-state index is 0.557. The molecular weight excluding hydrogens is 218 g/mol. The predicted molar refractivity (Wildman–Crippen MR) is 65.0 cm³/mol. The molecule has 2 rings (SSSR count). The molecule has 1 unspecified atom stereocenters. The van der Waals surface area contributed by atoms with E-state index in [2.05, 4.69) is 4.90 Å². The van der Waals surface area contributed by atoms with Gasteiger partial charge in [-0.2, -0.15) is 0 Å². The van der Waals surface area contributed by atoms with Gasteiger partial charge in [0.2, 0.25) is 0 Å². The topological polar surface area (TPSA) is 41.9 Å². The summed E-state index contributed by atoms with van der Waals surface area (Å²) in [6, 6.07) is 9.75. The number of hydrogen-bond acceptors (Lipinski definition) is 4. The molecule has 1 heterocycles. The van der Waals surface area contributed by atoms with E-state index in [9.17, 15) is 5.11 Å². The zero-order valence-electron chi connectivity index (χ0n) is 10.1. The van der Waals surface area contributed by atoms with Crippen LogP contribution in [0.15, 0.2) is 30.3 Å². The van der Waals surface area contributed by atoms with E-state index in [1.165, 1.54) is 0 Å². The highest BCUT2D eigenvalue weighted by molar-refractivity contribution is 5.20. The summed E-state index contributed by atoms with van der Waals surface area (Å²) < 4.78 is 10.7. The Morgan fingerprint density at radius 3 is 2.76 bits per heavy atom. The van der Waals surface area contributed by atoms with Crippen LogP contribution in [0, 0.1) is 0 Å². The van der Waals surface area contributed by atoms with Gasteiger partial charge in [0.25, 0.3) is 0 Å². The van der Waals surface area contributed by atoms with Crippen LogP contribution in [0.4, 0.5) is 0 Å². The molecule has 17 heavy (non-hydrogen) atoms. The Hall–Kier alpha value is -1.10. The number of hydrogen-bond donors (Lipinski definition) is 1. The Labute approximate surface area is 102 Å². The van der Waals surface area contributed by atoms with E-state index in [1.54, 1.807) is 7.11 Å². The minimum atomic E-state index is -0.966. The zero-order chi connectivity index (χ0) is 12.1. The molecule has 94 valence electrons. The van der Waals surface area contributed by atoms with Crippen molar-refractivity contribution >= 4 is 0 Å². The molecule has 1 N–H and O–H groups in total. The minimum Gasteiger partial charge on any atom is -0.492 e. The van der Waals surface area contributed by atoms with Crippen molar-refractivity contribution in [3.8, 4) is 5.75 Å². The van der Waals surface area contributed by atoms with Crippen molar-refractivity contribution in [2.45, 2.75) is 12.2 Å². The van der Waals surface area contributed by atoms with Gasteiger partial charge in [-0.25, -0.2) is 0 Å². The van der Waals surface area contributed by atoms with Crippen molar-refractivity contribution < 1.29 is 14.6 Å². The maximum Gasteiger partial charge on any atom is 0.179 e. The maximum absolute atomic E-state index is 9.88. The molecule has 0 radical (unpaired) electrons. The molecule has 1 aromatic rings. The molecule has 4 heteroatoms. The molecule has 0 aromatic heterocycles. The first-order valence-corrected chi connectivity index (χ1v) is 5.90. The number of para-hydroxylation sites is 1. The van der Waals surface area contributed by atoms with E-state index in [1.807, 2.05) is 30.3 Å². The van der Waals surface area contributed by atoms with E-state index < -0.39 is 5.79 Å². The van der Waals surface area contributed by atoms with Gasteiger partial charge in [0.05, 0.1) is 6.54 Å². The summed E-state index contributed by atoms with van der Waals surface area (Å²) in [5.74, 6) is -0.0825. The standard InChI is InChI=1S/C13H19NO3/c1-16-13(15)7-8-14(11-13)9-10-17-12-5-3-2-4-6-12/h2-6,15H,7-11H2,1H3. The summed E-state index contributed by atoms with van der Waals surface area (Å²) in [6.07, 6.45) is 0.662. The lowest BCUT2D eigenvalue weighted by molar-refractivity contribution is -0.173. The summed E-state index contributed by atoms with van der Waals surface area (Å²) in [6.45, 7) is 2.84. The van der Waals surface area contributed by atoms with Crippen LogP contribution in [-0.4, -0.2) is 49.1 Å². The van der Waals surface area contributed by atoms with Crippen LogP contribution in [-0.2, 0) is 4.74 Å². The average Bonchev–Trinajstić information content (AvgIpc) is 2.74. The molecule has 1 saturated heterocycles. The third-order valence-corrected chi connectivity index (χ3v) is 3.09. The van der Waals surface area contributed by atoms with Gasteiger partial charge in [0, 0.05) is 26.6 Å². The van der Waals surface area contributed by atoms with E-state index >= 15 is 0 Å². The van der Waals surface area contributed by atoms with Gasteiger partial charge in [-0.05, 0) is 12.1 Å². The highest BCUT2D eigenvalue weighted by Crippen LogP contribution is 2.21. The zero-order valence-corrected chi connectivity index (χ0v) is 10.1. The quantitative estimate of drug-likeness (QED) is 0.779. The van der Waals surface area contributed by atoms with Gasteiger partial charge >= 0.3 is 0 Å². The van der Waals surface area contributed by atoms with Crippen molar-refractivity contribution in [2.24, 2.45) is 0 Å². The SMILES string of the molecule is COC1(O)CCN(CCOc2ccccc2)C1. The monoisotopic (exact) mass is 237 g/mol. The van der Waals surface area contributed by atoms with Crippen LogP contribution in [0.2, 0.25) is 0 Å². The van der Waals surface area contributed by atoms with Gasteiger partial charge in [-0.3, -0.25) is 4.90 Å². The molecule has 1 atom stereocenters. The molecule has 1 aliphatic heterocycles. The fourth-order valence-electron chi connectivity index (χ4n) is 2.01. The molecule has 0 spiro atoms. The van der Waals surface area contributed by atoms with Crippen LogP contribution >= 0.6 is 0 Å². The Morgan fingerprint density at radius 2 is 2.12 bits per heavy atom. The molecule has 0 aliphatic carbocycles. The predicted octanol–water partition coefficient (Wildman–Crippen LogP) is 1.11. The number of methoxy groups -OCH3 is 1. The first kappa shape index (κ1) is 12.4. The van der Waals surface area contributed by atoms with E-state index in [-0.39, 0.29) is 0 Å². The molecule has 0 saturated carbocycles. The summed E-state index contributed by atoms with van der Waals surface area (Å²) >= 11 is 0. The number of rotatable bonds is 5. The molecule has 0 amide bonds. The molecule has 4 nitrogen and oxygen atoms in total. The van der Waals surface area contributed by atoms with Crippen molar-refractivity contribution in [2.75, 3.05) is 33.4 Å². The van der Waals surface area contributed by atoms with Gasteiger partial charge < -0.3 is 14.6 Å². The van der Waals surface area contributed by atoms with E-state index in [0.29, 0.717) is 19.6 Å². The van der Waals surface area contributed by atoms with E-state index in [4.69, 9.17) is 9.47 Å². The van der Waals surface area contributed by atoms with E-state index in [0.717, 1.165) is 18.8 Å². The van der Waals surface area contributed by atoms with Gasteiger partial charge in [-0.15, -0.1) is 0 Å². The largest absolute Gasteiger partial charge is 0.492 e. The fraction of sp³-hybridized carbons (Fsp3) is 0.538. The maximum atomic E-state index is 9.88.